The number of aryl methyl sites for hydroxylation is 1. The summed E-state index contributed by atoms with van der Waals surface area (Å²) in [6.45, 7) is 6.82. The number of aliphatic hydroxyl groups is 1. The predicted octanol–water partition coefficient (Wildman–Crippen LogP) is 0.896. The van der Waals surface area contributed by atoms with Crippen molar-refractivity contribution in [3.05, 3.63) is 18.2 Å². The lowest BCUT2D eigenvalue weighted by molar-refractivity contribution is 0.249. The van der Waals surface area contributed by atoms with Gasteiger partial charge in [-0.25, -0.2) is 4.98 Å². The maximum Gasteiger partial charge on any atom is 0.105 e. The van der Waals surface area contributed by atoms with Crippen LogP contribution in [0.4, 0.5) is 0 Å². The van der Waals surface area contributed by atoms with Crippen molar-refractivity contribution < 1.29 is 5.11 Å². The Balaban J connectivity index is 1.74. The number of likely N-dealkylation sites (tertiary alicyclic amines) is 1. The van der Waals surface area contributed by atoms with Crippen LogP contribution in [0.15, 0.2) is 12.4 Å². The van der Waals surface area contributed by atoms with Gasteiger partial charge < -0.3 is 14.6 Å². The maximum absolute atomic E-state index is 8.90. The molecule has 1 fully saturated rings. The summed E-state index contributed by atoms with van der Waals surface area (Å²) in [6.07, 6.45) is 6.09. The van der Waals surface area contributed by atoms with Gasteiger partial charge in [-0.05, 0) is 32.2 Å². The summed E-state index contributed by atoms with van der Waals surface area (Å²) in [5.41, 5.74) is 0. The zero-order valence-corrected chi connectivity index (χ0v) is 9.97. The van der Waals surface area contributed by atoms with E-state index >= 15 is 0 Å². The van der Waals surface area contributed by atoms with Crippen LogP contribution < -0.4 is 0 Å². The molecule has 1 saturated heterocycles. The zero-order chi connectivity index (χ0) is 11.4. The van der Waals surface area contributed by atoms with Crippen LogP contribution in [0.5, 0.6) is 0 Å². The summed E-state index contributed by atoms with van der Waals surface area (Å²) in [5, 5.41) is 8.90. The topological polar surface area (TPSA) is 41.3 Å². The van der Waals surface area contributed by atoms with Gasteiger partial charge in [-0.3, -0.25) is 0 Å². The van der Waals surface area contributed by atoms with Crippen molar-refractivity contribution in [3.63, 3.8) is 0 Å². The third-order valence-corrected chi connectivity index (χ3v) is 3.49. The molecule has 4 nitrogen and oxygen atoms in total. The lowest BCUT2D eigenvalue weighted by Crippen LogP contribution is -2.25. The van der Waals surface area contributed by atoms with Crippen LogP contribution in [0.2, 0.25) is 0 Å². The number of rotatable bonds is 5. The van der Waals surface area contributed by atoms with Gasteiger partial charge in [0.05, 0.1) is 0 Å². The molecule has 1 aromatic heterocycles. The molecule has 0 radical (unpaired) electrons. The Kier molecular flexibility index (Phi) is 3.96. The third kappa shape index (κ3) is 2.83. The standard InChI is InChI=1S/C12H21N3O/c1-11-13-4-6-15(11)8-7-14-5-2-12(10-14)3-9-16/h4,6,12,16H,2-3,5,7-10H2,1H3. The minimum Gasteiger partial charge on any atom is -0.396 e. The molecule has 1 N–H and O–H groups in total. The fourth-order valence-electron chi connectivity index (χ4n) is 2.42. The number of aromatic nitrogens is 2. The second kappa shape index (κ2) is 5.46. The molecule has 0 spiro atoms. The van der Waals surface area contributed by atoms with E-state index in [0.29, 0.717) is 12.5 Å². The van der Waals surface area contributed by atoms with E-state index in [1.54, 1.807) is 0 Å². The highest BCUT2D eigenvalue weighted by molar-refractivity contribution is 4.88. The van der Waals surface area contributed by atoms with Crippen molar-refractivity contribution in [2.24, 2.45) is 5.92 Å². The Morgan fingerprint density at radius 3 is 3.06 bits per heavy atom. The van der Waals surface area contributed by atoms with Crippen LogP contribution in [0, 0.1) is 12.8 Å². The fraction of sp³-hybridized carbons (Fsp3) is 0.750. The monoisotopic (exact) mass is 223 g/mol. The largest absolute Gasteiger partial charge is 0.396 e. The molecule has 1 unspecified atom stereocenters. The molecule has 0 saturated carbocycles. The third-order valence-electron chi connectivity index (χ3n) is 3.49. The summed E-state index contributed by atoms with van der Waals surface area (Å²) >= 11 is 0. The van der Waals surface area contributed by atoms with Gasteiger partial charge in [0.2, 0.25) is 0 Å². The molecule has 0 amide bonds. The first kappa shape index (κ1) is 11.6. The van der Waals surface area contributed by atoms with Gasteiger partial charge >= 0.3 is 0 Å². The van der Waals surface area contributed by atoms with Gasteiger partial charge in [0, 0.05) is 38.6 Å². The summed E-state index contributed by atoms with van der Waals surface area (Å²) in [5.74, 6) is 1.79. The van der Waals surface area contributed by atoms with E-state index in [2.05, 4.69) is 14.5 Å². The number of hydrogen-bond donors (Lipinski definition) is 1. The van der Waals surface area contributed by atoms with Gasteiger partial charge in [-0.2, -0.15) is 0 Å². The lowest BCUT2D eigenvalue weighted by Gasteiger charge is -2.16. The van der Waals surface area contributed by atoms with Crippen molar-refractivity contribution in [2.45, 2.75) is 26.3 Å². The Morgan fingerprint density at radius 2 is 2.38 bits per heavy atom. The minimum atomic E-state index is 0.332. The SMILES string of the molecule is Cc1nccn1CCN1CCC(CCO)C1. The molecule has 2 rings (SSSR count). The minimum absolute atomic E-state index is 0.332. The van der Waals surface area contributed by atoms with Crippen molar-refractivity contribution in [1.82, 2.24) is 14.5 Å². The van der Waals surface area contributed by atoms with E-state index in [-0.39, 0.29) is 0 Å². The fourth-order valence-corrected chi connectivity index (χ4v) is 2.42. The first-order valence-corrected chi connectivity index (χ1v) is 6.10. The van der Waals surface area contributed by atoms with Crippen molar-refractivity contribution in [2.75, 3.05) is 26.2 Å². The van der Waals surface area contributed by atoms with E-state index in [9.17, 15) is 0 Å². The maximum atomic E-state index is 8.90. The molecule has 2 heterocycles. The number of hydrogen-bond acceptors (Lipinski definition) is 3. The molecule has 1 aliphatic rings. The van der Waals surface area contributed by atoms with Crippen molar-refractivity contribution in [1.29, 1.82) is 0 Å². The Hall–Kier alpha value is -0.870. The molecule has 0 aliphatic carbocycles. The summed E-state index contributed by atoms with van der Waals surface area (Å²) in [6, 6.07) is 0. The summed E-state index contributed by atoms with van der Waals surface area (Å²) in [7, 11) is 0. The molecule has 0 bridgehead atoms. The van der Waals surface area contributed by atoms with Crippen LogP contribution in [0.1, 0.15) is 18.7 Å². The molecule has 1 aromatic rings. The number of imidazole rings is 1. The van der Waals surface area contributed by atoms with Gasteiger partial charge in [-0.1, -0.05) is 0 Å². The quantitative estimate of drug-likeness (QED) is 0.806. The molecular formula is C12H21N3O. The highest BCUT2D eigenvalue weighted by atomic mass is 16.3. The molecular weight excluding hydrogens is 202 g/mol. The predicted molar refractivity (Wildman–Crippen MR) is 63.2 cm³/mol. The van der Waals surface area contributed by atoms with Gasteiger partial charge in [-0.15, -0.1) is 0 Å². The van der Waals surface area contributed by atoms with E-state index in [0.717, 1.165) is 31.9 Å². The number of nitrogens with zero attached hydrogens (tertiary/aromatic N) is 3. The van der Waals surface area contributed by atoms with Crippen LogP contribution in [0.3, 0.4) is 0 Å². The first-order valence-electron chi connectivity index (χ1n) is 6.10. The average molecular weight is 223 g/mol. The molecule has 90 valence electrons. The smallest absolute Gasteiger partial charge is 0.105 e. The van der Waals surface area contributed by atoms with Crippen LogP contribution in [-0.2, 0) is 6.54 Å². The second-order valence-electron chi connectivity index (χ2n) is 4.64. The van der Waals surface area contributed by atoms with Gasteiger partial charge in [0.15, 0.2) is 0 Å². The Morgan fingerprint density at radius 1 is 1.50 bits per heavy atom. The van der Waals surface area contributed by atoms with E-state index in [1.807, 2.05) is 19.3 Å². The van der Waals surface area contributed by atoms with E-state index in [4.69, 9.17) is 5.11 Å². The van der Waals surface area contributed by atoms with Crippen molar-refractivity contribution in [3.8, 4) is 0 Å². The van der Waals surface area contributed by atoms with E-state index < -0.39 is 0 Å². The van der Waals surface area contributed by atoms with Crippen LogP contribution in [-0.4, -0.2) is 45.8 Å². The number of aliphatic hydroxyl groups excluding tert-OH is 1. The second-order valence-corrected chi connectivity index (χ2v) is 4.64. The normalized spacial score (nSPS) is 21.8. The van der Waals surface area contributed by atoms with Gasteiger partial charge in [0.1, 0.15) is 5.82 Å². The zero-order valence-electron chi connectivity index (χ0n) is 9.97. The van der Waals surface area contributed by atoms with Crippen LogP contribution in [0.25, 0.3) is 0 Å². The van der Waals surface area contributed by atoms with E-state index in [1.165, 1.54) is 13.0 Å². The van der Waals surface area contributed by atoms with Gasteiger partial charge in [0.25, 0.3) is 0 Å². The molecule has 1 aliphatic heterocycles. The highest BCUT2D eigenvalue weighted by Gasteiger charge is 2.21. The lowest BCUT2D eigenvalue weighted by atomic mass is 10.1. The molecule has 1 atom stereocenters. The Labute approximate surface area is 96.9 Å². The first-order chi connectivity index (χ1) is 7.79. The summed E-state index contributed by atoms with van der Waals surface area (Å²) < 4.78 is 2.19. The molecule has 4 heteroatoms. The van der Waals surface area contributed by atoms with Crippen LogP contribution >= 0.6 is 0 Å². The molecule has 16 heavy (non-hydrogen) atoms. The Bertz CT molecular complexity index is 324. The highest BCUT2D eigenvalue weighted by Crippen LogP contribution is 2.18. The average Bonchev–Trinajstić information content (AvgIpc) is 2.86. The van der Waals surface area contributed by atoms with Crippen molar-refractivity contribution >= 4 is 0 Å². The molecule has 0 aromatic carbocycles. The summed E-state index contributed by atoms with van der Waals surface area (Å²) in [4.78, 5) is 6.70.